The van der Waals surface area contributed by atoms with Crippen molar-refractivity contribution in [2.24, 2.45) is 0 Å². The van der Waals surface area contributed by atoms with Crippen LogP contribution in [0.4, 0.5) is 0 Å². The van der Waals surface area contributed by atoms with Crippen LogP contribution in [0, 0.1) is 0 Å². The van der Waals surface area contributed by atoms with Crippen molar-refractivity contribution >= 4 is 11.8 Å². The Labute approximate surface area is 102 Å². The Morgan fingerprint density at radius 3 is 1.71 bits per heavy atom. The summed E-state index contributed by atoms with van der Waals surface area (Å²) >= 11 is 0. The summed E-state index contributed by atoms with van der Waals surface area (Å²) in [5.41, 5.74) is 0. The molecule has 0 atom stereocenters. The van der Waals surface area contributed by atoms with Gasteiger partial charge in [0.15, 0.2) is 0 Å². The number of nitrogens with one attached hydrogen (secondary N) is 1. The SMILES string of the molecule is O=C(C(=O)N1CCNCC1)N1CCCCCC1. The van der Waals surface area contributed by atoms with Crippen molar-refractivity contribution in [1.82, 2.24) is 15.1 Å². The zero-order chi connectivity index (χ0) is 12.1. The maximum Gasteiger partial charge on any atom is 0.312 e. The quantitative estimate of drug-likeness (QED) is 0.597. The average molecular weight is 239 g/mol. The van der Waals surface area contributed by atoms with E-state index in [2.05, 4.69) is 5.32 Å². The molecular formula is C12H21N3O2. The molecule has 0 saturated carbocycles. The number of nitrogens with zero attached hydrogens (tertiary/aromatic N) is 2. The number of piperazine rings is 1. The van der Waals surface area contributed by atoms with E-state index in [1.54, 1.807) is 9.80 Å². The normalized spacial score (nSPS) is 22.1. The molecule has 2 aliphatic rings. The van der Waals surface area contributed by atoms with Crippen molar-refractivity contribution in [2.75, 3.05) is 39.3 Å². The summed E-state index contributed by atoms with van der Waals surface area (Å²) in [5.74, 6) is -0.609. The van der Waals surface area contributed by atoms with Gasteiger partial charge >= 0.3 is 11.8 Å². The third kappa shape index (κ3) is 3.19. The second-order valence-electron chi connectivity index (χ2n) is 4.75. The highest BCUT2D eigenvalue weighted by atomic mass is 16.2. The Balaban J connectivity index is 1.90. The molecule has 0 aliphatic carbocycles. The summed E-state index contributed by atoms with van der Waals surface area (Å²) < 4.78 is 0. The van der Waals surface area contributed by atoms with E-state index in [1.807, 2.05) is 0 Å². The fourth-order valence-electron chi connectivity index (χ4n) is 2.41. The third-order valence-electron chi connectivity index (χ3n) is 3.48. The fraction of sp³-hybridized carbons (Fsp3) is 0.833. The second-order valence-corrected chi connectivity index (χ2v) is 4.75. The molecule has 0 spiro atoms. The van der Waals surface area contributed by atoms with E-state index in [0.29, 0.717) is 13.1 Å². The Morgan fingerprint density at radius 2 is 1.18 bits per heavy atom. The molecule has 0 aromatic carbocycles. The van der Waals surface area contributed by atoms with Crippen molar-refractivity contribution in [3.05, 3.63) is 0 Å². The highest BCUT2D eigenvalue weighted by molar-refractivity contribution is 6.34. The van der Waals surface area contributed by atoms with E-state index in [4.69, 9.17) is 0 Å². The molecule has 2 aliphatic heterocycles. The summed E-state index contributed by atoms with van der Waals surface area (Å²) in [5, 5.41) is 3.18. The summed E-state index contributed by atoms with van der Waals surface area (Å²) in [6, 6.07) is 0. The second kappa shape index (κ2) is 6.00. The molecule has 2 amide bonds. The highest BCUT2D eigenvalue weighted by Gasteiger charge is 2.27. The largest absolute Gasteiger partial charge is 0.334 e. The van der Waals surface area contributed by atoms with Crippen LogP contribution in [0.15, 0.2) is 0 Å². The first kappa shape index (κ1) is 12.4. The lowest BCUT2D eigenvalue weighted by Gasteiger charge is -2.29. The molecule has 0 unspecified atom stereocenters. The number of carbonyl (C=O) groups excluding carboxylic acids is 2. The first-order valence-electron chi connectivity index (χ1n) is 6.58. The van der Waals surface area contributed by atoms with Crippen molar-refractivity contribution in [3.8, 4) is 0 Å². The van der Waals surface area contributed by atoms with Gasteiger partial charge in [-0.3, -0.25) is 9.59 Å². The molecule has 2 heterocycles. The van der Waals surface area contributed by atoms with Crippen LogP contribution in [0.25, 0.3) is 0 Å². The van der Waals surface area contributed by atoms with E-state index >= 15 is 0 Å². The lowest BCUT2D eigenvalue weighted by Crippen LogP contribution is -2.52. The molecular weight excluding hydrogens is 218 g/mol. The van der Waals surface area contributed by atoms with Crippen molar-refractivity contribution in [2.45, 2.75) is 25.7 Å². The fourth-order valence-corrected chi connectivity index (χ4v) is 2.41. The topological polar surface area (TPSA) is 52.7 Å². The Bertz CT molecular complexity index is 279. The van der Waals surface area contributed by atoms with Gasteiger partial charge in [0.25, 0.3) is 0 Å². The van der Waals surface area contributed by atoms with Gasteiger partial charge in [0.2, 0.25) is 0 Å². The molecule has 2 fully saturated rings. The van der Waals surface area contributed by atoms with E-state index in [-0.39, 0.29) is 11.8 Å². The molecule has 5 heteroatoms. The summed E-state index contributed by atoms with van der Waals surface area (Å²) in [6.45, 7) is 4.38. The van der Waals surface area contributed by atoms with Crippen LogP contribution in [0.1, 0.15) is 25.7 Å². The van der Waals surface area contributed by atoms with Crippen molar-refractivity contribution in [1.29, 1.82) is 0 Å². The van der Waals surface area contributed by atoms with Crippen LogP contribution in [0.3, 0.4) is 0 Å². The molecule has 0 bridgehead atoms. The van der Waals surface area contributed by atoms with E-state index in [9.17, 15) is 9.59 Å². The van der Waals surface area contributed by atoms with Gasteiger partial charge in [-0.05, 0) is 12.8 Å². The van der Waals surface area contributed by atoms with Crippen LogP contribution in [-0.2, 0) is 9.59 Å². The molecule has 0 aromatic rings. The minimum Gasteiger partial charge on any atom is -0.334 e. The lowest BCUT2D eigenvalue weighted by atomic mass is 10.2. The molecule has 2 rings (SSSR count). The van der Waals surface area contributed by atoms with Gasteiger partial charge in [0.05, 0.1) is 0 Å². The predicted molar refractivity (Wildman–Crippen MR) is 64.5 cm³/mol. The van der Waals surface area contributed by atoms with Crippen LogP contribution >= 0.6 is 0 Å². The minimum absolute atomic E-state index is 0.297. The lowest BCUT2D eigenvalue weighted by molar-refractivity contribution is -0.152. The smallest absolute Gasteiger partial charge is 0.312 e. The first-order valence-corrected chi connectivity index (χ1v) is 6.58. The van der Waals surface area contributed by atoms with E-state index < -0.39 is 0 Å². The maximum atomic E-state index is 12.1. The molecule has 96 valence electrons. The monoisotopic (exact) mass is 239 g/mol. The summed E-state index contributed by atoms with van der Waals surface area (Å²) in [4.78, 5) is 27.5. The predicted octanol–water partition coefficient (Wildman–Crippen LogP) is -0.179. The molecule has 17 heavy (non-hydrogen) atoms. The van der Waals surface area contributed by atoms with Crippen LogP contribution < -0.4 is 5.32 Å². The number of carbonyl (C=O) groups is 2. The highest BCUT2D eigenvalue weighted by Crippen LogP contribution is 2.10. The van der Waals surface area contributed by atoms with E-state index in [1.165, 1.54) is 12.8 Å². The maximum absolute atomic E-state index is 12.1. The first-order chi connectivity index (χ1) is 8.29. The van der Waals surface area contributed by atoms with Gasteiger partial charge in [-0.15, -0.1) is 0 Å². The molecule has 2 saturated heterocycles. The minimum atomic E-state index is -0.312. The van der Waals surface area contributed by atoms with Crippen molar-refractivity contribution < 1.29 is 9.59 Å². The number of likely N-dealkylation sites (tertiary alicyclic amines) is 1. The number of hydrogen-bond acceptors (Lipinski definition) is 3. The number of amides is 2. The van der Waals surface area contributed by atoms with E-state index in [0.717, 1.165) is 39.0 Å². The van der Waals surface area contributed by atoms with Gasteiger partial charge in [-0.2, -0.15) is 0 Å². The van der Waals surface area contributed by atoms with Crippen LogP contribution in [0.5, 0.6) is 0 Å². The van der Waals surface area contributed by atoms with Crippen LogP contribution in [0.2, 0.25) is 0 Å². The zero-order valence-corrected chi connectivity index (χ0v) is 10.3. The van der Waals surface area contributed by atoms with Gasteiger partial charge in [0.1, 0.15) is 0 Å². The molecule has 0 radical (unpaired) electrons. The Hall–Kier alpha value is -1.10. The molecule has 1 N–H and O–H groups in total. The molecule has 0 aromatic heterocycles. The van der Waals surface area contributed by atoms with Gasteiger partial charge in [0, 0.05) is 39.3 Å². The number of hydrogen-bond donors (Lipinski definition) is 1. The average Bonchev–Trinajstić information content (AvgIpc) is 2.67. The van der Waals surface area contributed by atoms with Gasteiger partial charge in [-0.1, -0.05) is 12.8 Å². The number of rotatable bonds is 0. The standard InChI is InChI=1S/C12H21N3O2/c16-11(14-7-3-1-2-4-8-14)12(17)15-9-5-13-6-10-15/h13H,1-10H2. The molecule has 5 nitrogen and oxygen atoms in total. The van der Waals surface area contributed by atoms with Crippen LogP contribution in [-0.4, -0.2) is 60.9 Å². The Kier molecular flexibility index (Phi) is 4.36. The summed E-state index contributed by atoms with van der Waals surface area (Å²) in [7, 11) is 0. The van der Waals surface area contributed by atoms with Crippen molar-refractivity contribution in [3.63, 3.8) is 0 Å². The Morgan fingerprint density at radius 1 is 0.706 bits per heavy atom. The zero-order valence-electron chi connectivity index (χ0n) is 10.3. The van der Waals surface area contributed by atoms with Gasteiger partial charge in [-0.25, -0.2) is 0 Å². The summed E-state index contributed by atoms with van der Waals surface area (Å²) in [6.07, 6.45) is 4.40. The van der Waals surface area contributed by atoms with Gasteiger partial charge < -0.3 is 15.1 Å². The third-order valence-corrected chi connectivity index (χ3v) is 3.48.